The van der Waals surface area contributed by atoms with Crippen LogP contribution in [0.15, 0.2) is 30.9 Å². The van der Waals surface area contributed by atoms with Crippen molar-refractivity contribution in [2.45, 2.75) is 6.42 Å². The molecular weight excluding hydrogens is 305 g/mol. The quantitative estimate of drug-likeness (QED) is 0.154. The van der Waals surface area contributed by atoms with Crippen molar-refractivity contribution in [2.75, 3.05) is 13.1 Å². The van der Waals surface area contributed by atoms with Crippen LogP contribution in [0.2, 0.25) is 0 Å². The van der Waals surface area contributed by atoms with E-state index in [-0.39, 0.29) is 23.5 Å². The molecule has 1 aromatic carbocycles. The van der Waals surface area contributed by atoms with Crippen molar-refractivity contribution >= 4 is 30.1 Å². The van der Waals surface area contributed by atoms with E-state index in [0.29, 0.717) is 13.0 Å². The van der Waals surface area contributed by atoms with Gasteiger partial charge in [-0.3, -0.25) is 19.7 Å². The zero-order chi connectivity index (χ0) is 17.4. The summed E-state index contributed by atoms with van der Waals surface area (Å²) in [4.78, 5) is 32.9. The van der Waals surface area contributed by atoms with Gasteiger partial charge in [0.05, 0.1) is 10.4 Å². The maximum atomic E-state index is 11.9. The minimum atomic E-state index is -2.00. The maximum absolute atomic E-state index is 11.9. The van der Waals surface area contributed by atoms with Gasteiger partial charge in [0.15, 0.2) is 0 Å². The van der Waals surface area contributed by atoms with Gasteiger partial charge < -0.3 is 20.7 Å². The number of nitro benzene ring substituents is 1. The average Bonchev–Trinajstić information content (AvgIpc) is 2.53. The zero-order valence-electron chi connectivity index (χ0n) is 12.2. The van der Waals surface area contributed by atoms with Crippen LogP contribution in [0.4, 0.5) is 5.69 Å². The van der Waals surface area contributed by atoms with Crippen LogP contribution in [0.3, 0.4) is 0 Å². The summed E-state index contributed by atoms with van der Waals surface area (Å²) in [6, 6.07) is 3.35. The van der Waals surface area contributed by atoms with Gasteiger partial charge in [-0.25, -0.2) is 0 Å². The van der Waals surface area contributed by atoms with E-state index in [1.54, 1.807) is 0 Å². The second-order valence-corrected chi connectivity index (χ2v) is 4.51. The Morgan fingerprint density at radius 1 is 1.30 bits per heavy atom. The Kier molecular flexibility index (Phi) is 6.90. The highest BCUT2D eigenvalue weighted by Gasteiger charge is 2.25. The van der Waals surface area contributed by atoms with Crippen molar-refractivity contribution in [1.29, 1.82) is 0 Å². The van der Waals surface area contributed by atoms with Crippen LogP contribution in [-0.4, -0.2) is 47.0 Å². The molecule has 0 saturated heterocycles. The summed E-state index contributed by atoms with van der Waals surface area (Å²) in [5, 5.41) is 34.1. The lowest BCUT2D eigenvalue weighted by molar-refractivity contribution is -0.383. The molecule has 0 aliphatic carbocycles. The third kappa shape index (κ3) is 5.53. The van der Waals surface area contributed by atoms with Gasteiger partial charge in [0.2, 0.25) is 5.91 Å². The van der Waals surface area contributed by atoms with Gasteiger partial charge in [-0.1, -0.05) is 12.6 Å². The lowest BCUT2D eigenvalue weighted by Gasteiger charge is -2.07. The first-order valence-electron chi connectivity index (χ1n) is 6.69. The van der Waals surface area contributed by atoms with Crippen LogP contribution in [0.1, 0.15) is 16.8 Å². The van der Waals surface area contributed by atoms with E-state index in [9.17, 15) is 19.7 Å². The fourth-order valence-corrected chi connectivity index (χ4v) is 1.74. The molecule has 1 rings (SSSR count). The summed E-state index contributed by atoms with van der Waals surface area (Å²) in [7, 11) is -2.00. The summed E-state index contributed by atoms with van der Waals surface area (Å²) >= 11 is 0. The van der Waals surface area contributed by atoms with Crippen molar-refractivity contribution in [3.05, 3.63) is 46.5 Å². The highest BCUT2D eigenvalue weighted by Crippen LogP contribution is 2.11. The molecule has 10 heteroatoms. The lowest BCUT2D eigenvalue weighted by atomic mass is 9.78. The van der Waals surface area contributed by atoms with Crippen molar-refractivity contribution in [3.63, 3.8) is 0 Å². The van der Waals surface area contributed by atoms with Crippen LogP contribution in [0.5, 0.6) is 0 Å². The molecule has 0 spiro atoms. The summed E-state index contributed by atoms with van der Waals surface area (Å²) in [5.74, 6) is -0.854. The number of hydrogen-bond acceptors (Lipinski definition) is 6. The summed E-state index contributed by atoms with van der Waals surface area (Å²) in [6.45, 7) is 3.90. The molecular formula is C13H16BN3O6. The van der Waals surface area contributed by atoms with E-state index in [1.807, 2.05) is 0 Å². The van der Waals surface area contributed by atoms with Crippen molar-refractivity contribution in [3.8, 4) is 0 Å². The fourth-order valence-electron chi connectivity index (χ4n) is 1.74. The van der Waals surface area contributed by atoms with Gasteiger partial charge >= 0.3 is 7.12 Å². The topological polar surface area (TPSA) is 142 Å². The molecule has 1 aromatic rings. The van der Waals surface area contributed by atoms with E-state index in [4.69, 9.17) is 10.0 Å². The zero-order valence-corrected chi connectivity index (χ0v) is 12.2. The first-order valence-corrected chi connectivity index (χ1v) is 6.69. The van der Waals surface area contributed by atoms with Crippen LogP contribution < -0.4 is 16.1 Å². The minimum Gasteiger partial charge on any atom is -0.423 e. The molecule has 0 atom stereocenters. The van der Waals surface area contributed by atoms with Crippen LogP contribution in [0, 0.1) is 10.1 Å². The molecule has 122 valence electrons. The molecule has 0 aliphatic heterocycles. The Bertz CT molecular complexity index is 620. The normalized spacial score (nSPS) is 9.83. The van der Waals surface area contributed by atoms with Gasteiger partial charge in [-0.15, -0.1) is 0 Å². The summed E-state index contributed by atoms with van der Waals surface area (Å²) in [6.07, 6.45) is 1.61. The molecule has 0 radical (unpaired) electrons. The lowest BCUT2D eigenvalue weighted by Crippen LogP contribution is -2.33. The Hall–Kier alpha value is -2.72. The van der Waals surface area contributed by atoms with E-state index < -0.39 is 23.6 Å². The number of rotatable bonds is 8. The molecule has 0 bridgehead atoms. The van der Waals surface area contributed by atoms with E-state index >= 15 is 0 Å². The SMILES string of the molecule is C=CC(=O)NCCCNC(=O)c1ccc(B(O)O)c([N+](=O)[O-])c1. The molecule has 0 heterocycles. The Labute approximate surface area is 132 Å². The Morgan fingerprint density at radius 3 is 2.52 bits per heavy atom. The number of carbonyl (C=O) groups excluding carboxylic acids is 2. The Morgan fingerprint density at radius 2 is 1.96 bits per heavy atom. The third-order valence-electron chi connectivity index (χ3n) is 2.89. The predicted octanol–water partition coefficient (Wildman–Crippen LogP) is -1.30. The monoisotopic (exact) mass is 321 g/mol. The summed E-state index contributed by atoms with van der Waals surface area (Å²) < 4.78 is 0. The number of benzene rings is 1. The van der Waals surface area contributed by atoms with Gasteiger partial charge in [-0.05, 0) is 18.6 Å². The van der Waals surface area contributed by atoms with E-state index in [0.717, 1.165) is 18.2 Å². The van der Waals surface area contributed by atoms with Gasteiger partial charge in [0.25, 0.3) is 11.6 Å². The van der Waals surface area contributed by atoms with Crippen LogP contribution in [-0.2, 0) is 4.79 Å². The van der Waals surface area contributed by atoms with Gasteiger partial charge in [-0.2, -0.15) is 0 Å². The van der Waals surface area contributed by atoms with Crippen LogP contribution >= 0.6 is 0 Å². The van der Waals surface area contributed by atoms with E-state index in [1.165, 1.54) is 6.07 Å². The molecule has 4 N–H and O–H groups in total. The first kappa shape index (κ1) is 18.3. The fraction of sp³-hybridized carbons (Fsp3) is 0.231. The second-order valence-electron chi connectivity index (χ2n) is 4.51. The minimum absolute atomic E-state index is 0.0243. The molecule has 0 fully saturated rings. The van der Waals surface area contributed by atoms with Gasteiger partial charge in [0.1, 0.15) is 0 Å². The molecule has 0 aliphatic rings. The molecule has 9 nitrogen and oxygen atoms in total. The number of nitro groups is 1. The number of nitrogens with one attached hydrogen (secondary N) is 2. The predicted molar refractivity (Wildman–Crippen MR) is 83.1 cm³/mol. The standard InChI is InChI=1S/C13H16BN3O6/c1-2-12(18)15-6-3-7-16-13(19)9-4-5-10(14(20)21)11(8-9)17(22)23/h2,4-5,8,20-21H,1,3,6-7H2,(H,15,18)(H,16,19). The first-order chi connectivity index (χ1) is 10.9. The molecule has 23 heavy (non-hydrogen) atoms. The summed E-state index contributed by atoms with van der Waals surface area (Å²) in [5.41, 5.74) is -0.819. The molecule has 0 saturated carbocycles. The van der Waals surface area contributed by atoms with Crippen molar-refractivity contribution in [2.24, 2.45) is 0 Å². The average molecular weight is 321 g/mol. The van der Waals surface area contributed by atoms with E-state index in [2.05, 4.69) is 17.2 Å². The molecule has 0 aromatic heterocycles. The Balaban J connectivity index is 2.63. The smallest absolute Gasteiger partial charge is 0.423 e. The highest BCUT2D eigenvalue weighted by atomic mass is 16.6. The number of carbonyl (C=O) groups is 2. The van der Waals surface area contributed by atoms with Crippen molar-refractivity contribution < 1.29 is 24.6 Å². The molecule has 0 unspecified atom stereocenters. The van der Waals surface area contributed by atoms with Crippen LogP contribution in [0.25, 0.3) is 0 Å². The van der Waals surface area contributed by atoms with Gasteiger partial charge in [0, 0.05) is 24.7 Å². The largest absolute Gasteiger partial charge is 0.495 e. The third-order valence-corrected chi connectivity index (χ3v) is 2.89. The number of nitrogens with zero attached hydrogens (tertiary/aromatic N) is 1. The number of hydrogen-bond donors (Lipinski definition) is 4. The molecule has 2 amide bonds. The van der Waals surface area contributed by atoms with Crippen molar-refractivity contribution in [1.82, 2.24) is 10.6 Å². The highest BCUT2D eigenvalue weighted by molar-refractivity contribution is 6.60. The number of amides is 2. The maximum Gasteiger partial charge on any atom is 0.495 e. The second kappa shape index (κ2) is 8.66.